The lowest BCUT2D eigenvalue weighted by Crippen LogP contribution is -2.30. The molecule has 3 rings (SSSR count). The largest absolute Gasteiger partial charge is 0.397 e. The molecule has 0 heterocycles. The molecular weight excluding hydrogens is 356 g/mol. The van der Waals surface area contributed by atoms with E-state index >= 15 is 0 Å². The molecule has 25 heavy (non-hydrogen) atoms. The summed E-state index contributed by atoms with van der Waals surface area (Å²) in [7, 11) is -3.80. The zero-order valence-electron chi connectivity index (χ0n) is 13.3. The number of nitrogens with zero attached hydrogens (tertiary/aromatic N) is 1. The van der Waals surface area contributed by atoms with Crippen molar-refractivity contribution in [1.82, 2.24) is 0 Å². The molecule has 0 saturated carbocycles. The molecule has 0 amide bonds. The van der Waals surface area contributed by atoms with Gasteiger partial charge in [0.25, 0.3) is 10.0 Å². The number of rotatable bonds is 5. The molecule has 6 heteroatoms. The van der Waals surface area contributed by atoms with Crippen molar-refractivity contribution >= 4 is 33.0 Å². The summed E-state index contributed by atoms with van der Waals surface area (Å²) in [5, 5.41) is 0.327. The summed E-state index contributed by atoms with van der Waals surface area (Å²) in [6.45, 7) is 0.218. The number of para-hydroxylation sites is 1. The van der Waals surface area contributed by atoms with E-state index < -0.39 is 10.0 Å². The van der Waals surface area contributed by atoms with Crippen LogP contribution in [0.25, 0.3) is 0 Å². The normalized spacial score (nSPS) is 11.2. The van der Waals surface area contributed by atoms with Crippen LogP contribution in [-0.4, -0.2) is 8.42 Å². The molecule has 2 N–H and O–H groups in total. The van der Waals surface area contributed by atoms with Gasteiger partial charge in [0.1, 0.15) is 0 Å². The van der Waals surface area contributed by atoms with Crippen LogP contribution in [0.2, 0.25) is 5.02 Å². The Morgan fingerprint density at radius 3 is 2.08 bits per heavy atom. The van der Waals surface area contributed by atoms with Gasteiger partial charge in [-0.2, -0.15) is 0 Å². The van der Waals surface area contributed by atoms with Crippen molar-refractivity contribution in [3.63, 3.8) is 0 Å². The molecule has 0 unspecified atom stereocenters. The average molecular weight is 373 g/mol. The summed E-state index contributed by atoms with van der Waals surface area (Å²) >= 11 is 5.92. The lowest BCUT2D eigenvalue weighted by atomic mass is 10.2. The molecule has 0 radical (unpaired) electrons. The summed E-state index contributed by atoms with van der Waals surface area (Å²) in [4.78, 5) is 0.106. The van der Waals surface area contributed by atoms with E-state index in [0.29, 0.717) is 10.7 Å². The third-order valence-corrected chi connectivity index (χ3v) is 5.88. The Hall–Kier alpha value is -2.50. The maximum Gasteiger partial charge on any atom is 0.264 e. The lowest BCUT2D eigenvalue weighted by Gasteiger charge is -2.25. The van der Waals surface area contributed by atoms with Gasteiger partial charge in [-0.05, 0) is 35.9 Å². The van der Waals surface area contributed by atoms with Gasteiger partial charge < -0.3 is 5.73 Å². The van der Waals surface area contributed by atoms with Crippen LogP contribution in [0, 0.1) is 0 Å². The zero-order chi connectivity index (χ0) is 17.9. The Labute approximate surface area is 152 Å². The SMILES string of the molecule is Nc1cc(S(=O)(=O)N(Cc2ccccc2)c2ccccc2)ccc1Cl. The number of sulfonamides is 1. The number of nitrogens with two attached hydrogens (primary N) is 1. The second-order valence-corrected chi connectivity index (χ2v) is 7.79. The minimum Gasteiger partial charge on any atom is -0.397 e. The van der Waals surface area contributed by atoms with Crippen LogP contribution < -0.4 is 10.0 Å². The number of halogens is 1. The maximum absolute atomic E-state index is 13.2. The van der Waals surface area contributed by atoms with Crippen LogP contribution >= 0.6 is 11.6 Å². The van der Waals surface area contributed by atoms with E-state index in [1.807, 2.05) is 36.4 Å². The lowest BCUT2D eigenvalue weighted by molar-refractivity contribution is 0.590. The second kappa shape index (κ2) is 7.17. The van der Waals surface area contributed by atoms with Gasteiger partial charge in [-0.15, -0.1) is 0 Å². The quantitative estimate of drug-likeness (QED) is 0.678. The van der Waals surface area contributed by atoms with Crippen LogP contribution in [0.3, 0.4) is 0 Å². The van der Waals surface area contributed by atoms with Gasteiger partial charge in [0.05, 0.1) is 27.8 Å². The fourth-order valence-electron chi connectivity index (χ4n) is 2.47. The van der Waals surface area contributed by atoms with Gasteiger partial charge in [-0.1, -0.05) is 60.1 Å². The topological polar surface area (TPSA) is 63.4 Å². The number of hydrogen-bond acceptors (Lipinski definition) is 3. The van der Waals surface area contributed by atoms with Gasteiger partial charge >= 0.3 is 0 Å². The highest BCUT2D eigenvalue weighted by Crippen LogP contribution is 2.29. The van der Waals surface area contributed by atoms with Crippen molar-refractivity contribution in [2.45, 2.75) is 11.4 Å². The third kappa shape index (κ3) is 3.78. The number of hydrogen-bond donors (Lipinski definition) is 1. The first-order valence-electron chi connectivity index (χ1n) is 7.65. The Morgan fingerprint density at radius 2 is 1.48 bits per heavy atom. The van der Waals surface area contributed by atoms with Crippen LogP contribution in [-0.2, 0) is 16.6 Å². The summed E-state index contributed by atoms with van der Waals surface area (Å²) in [6.07, 6.45) is 0. The average Bonchev–Trinajstić information content (AvgIpc) is 2.63. The molecule has 128 valence electrons. The summed E-state index contributed by atoms with van der Waals surface area (Å²) in [5.74, 6) is 0. The molecule has 0 atom stereocenters. The molecular formula is C19H17ClN2O2S. The number of nitrogen functional groups attached to an aromatic ring is 1. The van der Waals surface area contributed by atoms with Gasteiger partial charge in [0.2, 0.25) is 0 Å². The molecule has 3 aromatic carbocycles. The Balaban J connectivity index is 2.08. The van der Waals surface area contributed by atoms with Gasteiger partial charge in [0.15, 0.2) is 0 Å². The van der Waals surface area contributed by atoms with Gasteiger partial charge in [0, 0.05) is 0 Å². The summed E-state index contributed by atoms with van der Waals surface area (Å²) < 4.78 is 27.8. The molecule has 0 aromatic heterocycles. The monoisotopic (exact) mass is 372 g/mol. The first-order chi connectivity index (χ1) is 12.0. The minimum atomic E-state index is -3.80. The van der Waals surface area contributed by atoms with E-state index in [9.17, 15) is 8.42 Å². The van der Waals surface area contributed by atoms with E-state index in [-0.39, 0.29) is 17.1 Å². The first kappa shape index (κ1) is 17.3. The highest BCUT2D eigenvalue weighted by Gasteiger charge is 2.25. The molecule has 0 fully saturated rings. The van der Waals surface area contributed by atoms with Crippen molar-refractivity contribution in [2.75, 3.05) is 10.0 Å². The van der Waals surface area contributed by atoms with Gasteiger partial charge in [-0.3, -0.25) is 4.31 Å². The van der Waals surface area contributed by atoms with E-state index in [1.54, 1.807) is 24.3 Å². The molecule has 0 saturated heterocycles. The summed E-state index contributed by atoms with van der Waals surface area (Å²) in [5.41, 5.74) is 7.49. The smallest absolute Gasteiger partial charge is 0.264 e. The predicted molar refractivity (Wildman–Crippen MR) is 102 cm³/mol. The van der Waals surface area contributed by atoms with Crippen LogP contribution in [0.1, 0.15) is 5.56 Å². The third-order valence-electron chi connectivity index (χ3n) is 3.77. The highest BCUT2D eigenvalue weighted by atomic mass is 35.5. The fraction of sp³-hybridized carbons (Fsp3) is 0.0526. The van der Waals surface area contributed by atoms with E-state index in [0.717, 1.165) is 5.56 Å². The maximum atomic E-state index is 13.2. The number of benzene rings is 3. The van der Waals surface area contributed by atoms with E-state index in [1.165, 1.54) is 22.5 Å². The zero-order valence-corrected chi connectivity index (χ0v) is 14.9. The van der Waals surface area contributed by atoms with Gasteiger partial charge in [-0.25, -0.2) is 8.42 Å². The van der Waals surface area contributed by atoms with E-state index in [4.69, 9.17) is 17.3 Å². The first-order valence-corrected chi connectivity index (χ1v) is 9.47. The van der Waals surface area contributed by atoms with Crippen molar-refractivity contribution in [3.8, 4) is 0 Å². The molecule has 3 aromatic rings. The Bertz CT molecular complexity index is 961. The summed E-state index contributed by atoms with van der Waals surface area (Å²) in [6, 6.07) is 22.8. The van der Waals surface area contributed by atoms with Crippen LogP contribution in [0.4, 0.5) is 11.4 Å². The predicted octanol–water partition coefficient (Wildman–Crippen LogP) is 4.32. The molecule has 0 bridgehead atoms. The van der Waals surface area contributed by atoms with Crippen molar-refractivity contribution in [1.29, 1.82) is 0 Å². The molecule has 0 spiro atoms. The highest BCUT2D eigenvalue weighted by molar-refractivity contribution is 7.92. The molecule has 4 nitrogen and oxygen atoms in total. The Kier molecular flexibility index (Phi) is 4.97. The second-order valence-electron chi connectivity index (χ2n) is 5.52. The minimum absolute atomic E-state index is 0.106. The fourth-order valence-corrected chi connectivity index (χ4v) is 4.07. The molecule has 0 aliphatic heterocycles. The Morgan fingerprint density at radius 1 is 0.880 bits per heavy atom. The number of anilines is 2. The van der Waals surface area contributed by atoms with Crippen molar-refractivity contribution in [2.24, 2.45) is 0 Å². The van der Waals surface area contributed by atoms with Crippen molar-refractivity contribution < 1.29 is 8.42 Å². The van der Waals surface area contributed by atoms with Crippen molar-refractivity contribution in [3.05, 3.63) is 89.4 Å². The van der Waals surface area contributed by atoms with E-state index in [2.05, 4.69) is 0 Å². The molecule has 0 aliphatic carbocycles. The molecule has 0 aliphatic rings. The van der Waals surface area contributed by atoms with Crippen LogP contribution in [0.5, 0.6) is 0 Å². The standard InChI is InChI=1S/C19H17ClN2O2S/c20-18-12-11-17(13-19(18)21)25(23,24)22(16-9-5-2-6-10-16)14-15-7-3-1-4-8-15/h1-13H,14,21H2. The van der Waals surface area contributed by atoms with Crippen LogP contribution in [0.15, 0.2) is 83.8 Å².